The predicted molar refractivity (Wildman–Crippen MR) is 95.1 cm³/mol. The Morgan fingerprint density at radius 1 is 1.17 bits per heavy atom. The Kier molecular flexibility index (Phi) is 4.90. The van der Waals surface area contributed by atoms with Crippen LogP contribution in [0.1, 0.15) is 48.9 Å². The van der Waals surface area contributed by atoms with Gasteiger partial charge in [-0.3, -0.25) is 9.69 Å². The highest BCUT2D eigenvalue weighted by Gasteiger charge is 2.40. The average molecular weight is 315 g/mol. The quantitative estimate of drug-likeness (QED) is 0.907. The fourth-order valence-electron chi connectivity index (χ4n) is 4.10. The number of hydrogen-bond acceptors (Lipinski definition) is 3. The molecule has 2 fully saturated rings. The van der Waals surface area contributed by atoms with Gasteiger partial charge in [-0.1, -0.05) is 18.9 Å². The summed E-state index contributed by atoms with van der Waals surface area (Å²) in [6, 6.07) is 7.85. The monoisotopic (exact) mass is 315 g/mol. The molecule has 23 heavy (non-hydrogen) atoms. The van der Waals surface area contributed by atoms with E-state index in [1.165, 1.54) is 51.6 Å². The molecule has 0 radical (unpaired) electrons. The number of carbonyl (C=O) groups is 1. The molecule has 0 atom stereocenters. The van der Waals surface area contributed by atoms with Crippen LogP contribution in [0, 0.1) is 0 Å². The molecule has 126 valence electrons. The van der Waals surface area contributed by atoms with Crippen molar-refractivity contribution in [3.8, 4) is 0 Å². The van der Waals surface area contributed by atoms with Gasteiger partial charge in [0, 0.05) is 37.4 Å². The zero-order valence-electron chi connectivity index (χ0n) is 14.5. The van der Waals surface area contributed by atoms with Gasteiger partial charge in [-0.15, -0.1) is 0 Å². The molecule has 1 heterocycles. The second-order valence-electron chi connectivity index (χ2n) is 7.25. The van der Waals surface area contributed by atoms with Gasteiger partial charge in [-0.25, -0.2) is 0 Å². The first-order valence-electron chi connectivity index (χ1n) is 8.91. The van der Waals surface area contributed by atoms with Crippen molar-refractivity contribution in [1.29, 1.82) is 0 Å². The Bertz CT molecular complexity index is 543. The van der Waals surface area contributed by atoms with Crippen molar-refractivity contribution in [3.63, 3.8) is 0 Å². The molecule has 1 saturated carbocycles. The molecule has 3 rings (SSSR count). The molecular formula is C19H29N3O. The van der Waals surface area contributed by atoms with Crippen LogP contribution in [0.5, 0.6) is 0 Å². The molecule has 0 spiro atoms. The minimum Gasteiger partial charge on any atom is -0.378 e. The fourth-order valence-corrected chi connectivity index (χ4v) is 4.10. The smallest absolute Gasteiger partial charge is 0.251 e. The minimum atomic E-state index is 0.0548. The van der Waals surface area contributed by atoms with Gasteiger partial charge in [-0.2, -0.15) is 0 Å². The molecule has 2 aliphatic rings. The third kappa shape index (κ3) is 3.52. The lowest BCUT2D eigenvalue weighted by Crippen LogP contribution is -2.53. The van der Waals surface area contributed by atoms with Crippen molar-refractivity contribution >= 4 is 11.6 Å². The van der Waals surface area contributed by atoms with Gasteiger partial charge in [0.1, 0.15) is 0 Å². The van der Waals surface area contributed by atoms with Crippen LogP contribution in [0.25, 0.3) is 0 Å². The number of nitrogens with one attached hydrogen (secondary N) is 1. The molecule has 0 bridgehead atoms. The summed E-state index contributed by atoms with van der Waals surface area (Å²) in [5, 5.41) is 3.23. The Balaban J connectivity index is 1.66. The summed E-state index contributed by atoms with van der Waals surface area (Å²) in [5.41, 5.74) is 2.03. The van der Waals surface area contributed by atoms with E-state index in [1.54, 1.807) is 0 Å². The number of amides is 1. The summed E-state index contributed by atoms with van der Waals surface area (Å²) in [5.74, 6) is 0.0548. The van der Waals surface area contributed by atoms with E-state index in [9.17, 15) is 4.79 Å². The number of hydrogen-bond donors (Lipinski definition) is 1. The molecule has 4 heteroatoms. The number of nitrogens with zero attached hydrogens (tertiary/aromatic N) is 2. The Morgan fingerprint density at radius 3 is 2.52 bits per heavy atom. The molecular weight excluding hydrogens is 286 g/mol. The van der Waals surface area contributed by atoms with Crippen LogP contribution in [0.15, 0.2) is 24.3 Å². The van der Waals surface area contributed by atoms with E-state index >= 15 is 0 Å². The van der Waals surface area contributed by atoms with Crippen LogP contribution in [0.4, 0.5) is 5.69 Å². The summed E-state index contributed by atoms with van der Waals surface area (Å²) in [6.45, 7) is 3.19. The first-order valence-corrected chi connectivity index (χ1v) is 8.91. The van der Waals surface area contributed by atoms with E-state index in [0.29, 0.717) is 0 Å². The molecule has 4 nitrogen and oxygen atoms in total. The van der Waals surface area contributed by atoms with Crippen LogP contribution < -0.4 is 10.2 Å². The molecule has 0 unspecified atom stereocenters. The van der Waals surface area contributed by atoms with Crippen LogP contribution in [-0.2, 0) is 0 Å². The minimum absolute atomic E-state index is 0.0548. The second kappa shape index (κ2) is 6.91. The summed E-state index contributed by atoms with van der Waals surface area (Å²) in [4.78, 5) is 17.2. The Morgan fingerprint density at radius 2 is 1.87 bits per heavy atom. The molecule has 1 aliphatic carbocycles. The lowest BCUT2D eigenvalue weighted by atomic mass is 9.95. The lowest BCUT2D eigenvalue weighted by molar-refractivity contribution is 0.0860. The summed E-state index contributed by atoms with van der Waals surface area (Å²) in [6.07, 6.45) is 7.65. The molecule has 1 aliphatic heterocycles. The van der Waals surface area contributed by atoms with E-state index in [0.717, 1.165) is 17.8 Å². The molecule has 1 aromatic carbocycles. The zero-order valence-corrected chi connectivity index (χ0v) is 14.5. The summed E-state index contributed by atoms with van der Waals surface area (Å²) in [7, 11) is 4.00. The van der Waals surface area contributed by atoms with E-state index < -0.39 is 0 Å². The Labute approximate surface area is 139 Å². The van der Waals surface area contributed by atoms with Crippen molar-refractivity contribution in [1.82, 2.24) is 10.2 Å². The van der Waals surface area contributed by atoms with Gasteiger partial charge in [0.2, 0.25) is 0 Å². The number of carbonyl (C=O) groups excluding carboxylic acids is 1. The number of rotatable bonds is 5. The first kappa shape index (κ1) is 16.3. The third-order valence-corrected chi connectivity index (χ3v) is 5.51. The topological polar surface area (TPSA) is 35.6 Å². The highest BCUT2D eigenvalue weighted by Crippen LogP contribution is 2.37. The normalized spacial score (nSPS) is 20.6. The summed E-state index contributed by atoms with van der Waals surface area (Å²) < 4.78 is 0. The average Bonchev–Trinajstić information content (AvgIpc) is 3.24. The van der Waals surface area contributed by atoms with Gasteiger partial charge in [0.25, 0.3) is 5.91 Å². The van der Waals surface area contributed by atoms with Crippen LogP contribution in [0.3, 0.4) is 0 Å². The third-order valence-electron chi connectivity index (χ3n) is 5.51. The zero-order chi connectivity index (χ0) is 16.3. The van der Waals surface area contributed by atoms with Gasteiger partial charge in [0.15, 0.2) is 0 Å². The second-order valence-corrected chi connectivity index (χ2v) is 7.25. The fraction of sp³-hybridized carbons (Fsp3) is 0.632. The number of anilines is 1. The van der Waals surface area contributed by atoms with Crippen LogP contribution in [-0.4, -0.2) is 50.1 Å². The number of likely N-dealkylation sites (tertiary alicyclic amines) is 1. The van der Waals surface area contributed by atoms with Crippen LogP contribution >= 0.6 is 0 Å². The summed E-state index contributed by atoms with van der Waals surface area (Å²) >= 11 is 0. The molecule has 0 aromatic heterocycles. The van der Waals surface area contributed by atoms with Gasteiger partial charge in [-0.05, 0) is 57.0 Å². The van der Waals surface area contributed by atoms with Gasteiger partial charge in [0.05, 0.1) is 0 Å². The standard InChI is InChI=1S/C19H29N3O/c1-21(2)17-9-7-8-16(14-17)18(23)20-15-19(10-3-4-11-19)22-12-5-6-13-22/h7-9,14H,3-6,10-13,15H2,1-2H3,(H,20,23). The highest BCUT2D eigenvalue weighted by atomic mass is 16.1. The lowest BCUT2D eigenvalue weighted by Gasteiger charge is -2.39. The van der Waals surface area contributed by atoms with Gasteiger partial charge < -0.3 is 10.2 Å². The van der Waals surface area contributed by atoms with E-state index in [2.05, 4.69) is 10.2 Å². The molecule has 1 N–H and O–H groups in total. The molecule has 1 amide bonds. The number of benzene rings is 1. The van der Waals surface area contributed by atoms with E-state index in [-0.39, 0.29) is 11.4 Å². The Hall–Kier alpha value is -1.55. The maximum Gasteiger partial charge on any atom is 0.251 e. The van der Waals surface area contributed by atoms with Crippen molar-refractivity contribution in [3.05, 3.63) is 29.8 Å². The largest absolute Gasteiger partial charge is 0.378 e. The van der Waals surface area contributed by atoms with Gasteiger partial charge >= 0.3 is 0 Å². The maximum atomic E-state index is 12.6. The van der Waals surface area contributed by atoms with Crippen molar-refractivity contribution in [2.75, 3.05) is 38.6 Å². The molecule has 1 aromatic rings. The van der Waals surface area contributed by atoms with Crippen molar-refractivity contribution in [2.45, 2.75) is 44.1 Å². The van der Waals surface area contributed by atoms with E-state index in [1.807, 2.05) is 43.3 Å². The van der Waals surface area contributed by atoms with E-state index in [4.69, 9.17) is 0 Å². The first-order chi connectivity index (χ1) is 11.1. The molecule has 1 saturated heterocycles. The highest BCUT2D eigenvalue weighted by molar-refractivity contribution is 5.95. The maximum absolute atomic E-state index is 12.6. The van der Waals surface area contributed by atoms with Crippen molar-refractivity contribution < 1.29 is 4.79 Å². The SMILES string of the molecule is CN(C)c1cccc(C(=O)NCC2(N3CCCC3)CCCC2)c1. The predicted octanol–water partition coefficient (Wildman–Crippen LogP) is 2.89. The van der Waals surface area contributed by atoms with Crippen molar-refractivity contribution in [2.24, 2.45) is 0 Å². The van der Waals surface area contributed by atoms with Crippen LogP contribution in [0.2, 0.25) is 0 Å².